The van der Waals surface area contributed by atoms with Crippen LogP contribution < -0.4 is 4.74 Å². The summed E-state index contributed by atoms with van der Waals surface area (Å²) in [6.07, 6.45) is 1.85. The van der Waals surface area contributed by atoms with E-state index in [1.54, 1.807) is 7.11 Å². The largest absolute Gasteiger partial charge is 0.497 e. The fourth-order valence-electron chi connectivity index (χ4n) is 2.73. The topological polar surface area (TPSA) is 22.1 Å². The van der Waals surface area contributed by atoms with Gasteiger partial charge in [-0.2, -0.15) is 12.6 Å². The van der Waals surface area contributed by atoms with Crippen molar-refractivity contribution in [2.24, 2.45) is 0 Å². The van der Waals surface area contributed by atoms with Crippen molar-refractivity contribution in [3.8, 4) is 28.1 Å². The van der Waals surface area contributed by atoms with Crippen LogP contribution >= 0.6 is 12.6 Å². The molecule has 116 valence electrons. The van der Waals surface area contributed by atoms with Gasteiger partial charge in [0.15, 0.2) is 0 Å². The summed E-state index contributed by atoms with van der Waals surface area (Å²) in [6, 6.07) is 18.5. The van der Waals surface area contributed by atoms with Gasteiger partial charge in [-0.3, -0.25) is 4.98 Å². The molecule has 2 nitrogen and oxygen atoms in total. The Morgan fingerprint density at radius 3 is 2.48 bits per heavy atom. The van der Waals surface area contributed by atoms with E-state index in [2.05, 4.69) is 48.8 Å². The van der Waals surface area contributed by atoms with Crippen LogP contribution in [0.2, 0.25) is 0 Å². The average Bonchev–Trinajstić information content (AvgIpc) is 2.62. The van der Waals surface area contributed by atoms with E-state index in [9.17, 15) is 0 Å². The lowest BCUT2D eigenvalue weighted by molar-refractivity contribution is 0.415. The third kappa shape index (κ3) is 3.10. The Morgan fingerprint density at radius 2 is 1.78 bits per heavy atom. The van der Waals surface area contributed by atoms with Crippen LogP contribution in [0, 0.1) is 6.92 Å². The number of thiol groups is 1. The molecule has 0 N–H and O–H groups in total. The number of pyridine rings is 1. The molecule has 0 unspecified atom stereocenters. The molecule has 3 heteroatoms. The quantitative estimate of drug-likeness (QED) is 0.670. The van der Waals surface area contributed by atoms with Crippen LogP contribution in [0.15, 0.2) is 60.8 Å². The number of aromatic nitrogens is 1. The average molecular weight is 321 g/mol. The first kappa shape index (κ1) is 15.6. The van der Waals surface area contributed by atoms with E-state index in [0.717, 1.165) is 28.1 Å². The maximum absolute atomic E-state index is 5.41. The van der Waals surface area contributed by atoms with Gasteiger partial charge in [0.05, 0.1) is 12.8 Å². The zero-order valence-corrected chi connectivity index (χ0v) is 14.2. The Labute approximate surface area is 142 Å². The molecule has 3 aromatic rings. The lowest BCUT2D eigenvalue weighted by Crippen LogP contribution is -1.96. The van der Waals surface area contributed by atoms with Gasteiger partial charge in [-0.05, 0) is 53.4 Å². The zero-order chi connectivity index (χ0) is 16.2. The highest BCUT2D eigenvalue weighted by atomic mass is 32.1. The van der Waals surface area contributed by atoms with Gasteiger partial charge in [0.1, 0.15) is 5.75 Å². The molecule has 0 saturated carbocycles. The Morgan fingerprint density at radius 1 is 1.00 bits per heavy atom. The molecule has 0 atom stereocenters. The highest BCUT2D eigenvalue weighted by Crippen LogP contribution is 2.36. The molecule has 0 bridgehead atoms. The molecule has 0 aliphatic heterocycles. The van der Waals surface area contributed by atoms with Crippen LogP contribution in [0.25, 0.3) is 22.4 Å². The Hall–Kier alpha value is -2.26. The van der Waals surface area contributed by atoms with Crippen molar-refractivity contribution in [2.45, 2.75) is 12.7 Å². The number of ether oxygens (including phenoxy) is 1. The van der Waals surface area contributed by atoms with Crippen molar-refractivity contribution < 1.29 is 4.74 Å². The molecule has 23 heavy (non-hydrogen) atoms. The van der Waals surface area contributed by atoms with Crippen molar-refractivity contribution in [1.82, 2.24) is 4.98 Å². The fraction of sp³-hybridized carbons (Fsp3) is 0.150. The molecule has 0 radical (unpaired) electrons. The maximum atomic E-state index is 5.41. The lowest BCUT2D eigenvalue weighted by atomic mass is 9.94. The van der Waals surface area contributed by atoms with E-state index in [1.165, 1.54) is 11.1 Å². The lowest BCUT2D eigenvalue weighted by Gasteiger charge is -2.15. The first-order chi connectivity index (χ1) is 11.2. The third-order valence-electron chi connectivity index (χ3n) is 4.05. The maximum Gasteiger partial charge on any atom is 0.119 e. The zero-order valence-electron chi connectivity index (χ0n) is 13.3. The number of hydrogen-bond acceptors (Lipinski definition) is 3. The number of benzene rings is 2. The summed E-state index contributed by atoms with van der Waals surface area (Å²) in [5, 5.41) is 0. The molecular weight excluding hydrogens is 302 g/mol. The Bertz CT molecular complexity index is 815. The van der Waals surface area contributed by atoms with Gasteiger partial charge in [-0.15, -0.1) is 0 Å². The van der Waals surface area contributed by atoms with Gasteiger partial charge in [-0.1, -0.05) is 30.3 Å². The summed E-state index contributed by atoms with van der Waals surface area (Å²) in [5.41, 5.74) is 6.75. The molecule has 0 aliphatic rings. The second-order valence-electron chi connectivity index (χ2n) is 5.38. The predicted octanol–water partition coefficient (Wildman–Crippen LogP) is 5.16. The smallest absolute Gasteiger partial charge is 0.119 e. The number of methoxy groups -OCH3 is 1. The first-order valence-electron chi connectivity index (χ1n) is 7.53. The summed E-state index contributed by atoms with van der Waals surface area (Å²) >= 11 is 4.42. The fourth-order valence-corrected chi connectivity index (χ4v) is 3.07. The van der Waals surface area contributed by atoms with Crippen molar-refractivity contribution in [3.05, 3.63) is 71.9 Å². The summed E-state index contributed by atoms with van der Waals surface area (Å²) in [7, 11) is 1.69. The number of nitrogens with zero attached hydrogens (tertiary/aromatic N) is 1. The second kappa shape index (κ2) is 6.88. The van der Waals surface area contributed by atoms with Gasteiger partial charge < -0.3 is 4.74 Å². The molecule has 0 fully saturated rings. The summed E-state index contributed by atoms with van der Waals surface area (Å²) in [4.78, 5) is 4.62. The van der Waals surface area contributed by atoms with E-state index < -0.39 is 0 Å². The van der Waals surface area contributed by atoms with E-state index in [-0.39, 0.29) is 0 Å². The van der Waals surface area contributed by atoms with Gasteiger partial charge in [0, 0.05) is 17.5 Å². The van der Waals surface area contributed by atoms with Crippen LogP contribution in [0.1, 0.15) is 11.1 Å². The number of rotatable bonds is 4. The molecule has 2 aromatic carbocycles. The van der Waals surface area contributed by atoms with Crippen LogP contribution in [0.3, 0.4) is 0 Å². The minimum atomic E-state index is 0.707. The van der Waals surface area contributed by atoms with Crippen LogP contribution in [0.4, 0.5) is 0 Å². The summed E-state index contributed by atoms with van der Waals surface area (Å²) in [6.45, 7) is 2.10. The monoisotopic (exact) mass is 321 g/mol. The van der Waals surface area contributed by atoms with Crippen molar-refractivity contribution in [2.75, 3.05) is 7.11 Å². The highest BCUT2D eigenvalue weighted by molar-refractivity contribution is 7.79. The van der Waals surface area contributed by atoms with Gasteiger partial charge >= 0.3 is 0 Å². The van der Waals surface area contributed by atoms with E-state index >= 15 is 0 Å². The van der Waals surface area contributed by atoms with Crippen molar-refractivity contribution >= 4 is 12.6 Å². The number of hydrogen-bond donors (Lipinski definition) is 1. The normalized spacial score (nSPS) is 10.6. The second-order valence-corrected chi connectivity index (χ2v) is 5.70. The van der Waals surface area contributed by atoms with E-state index in [0.29, 0.717) is 5.75 Å². The standard InChI is InChI=1S/C20H19NOS/c1-14-16(13-23)10-11-21-20(14)18-9-8-17(22-2)12-19(18)15-6-4-3-5-7-15/h3-12,23H,13H2,1-2H3. The van der Waals surface area contributed by atoms with Crippen molar-refractivity contribution in [1.29, 1.82) is 0 Å². The molecule has 0 spiro atoms. The van der Waals surface area contributed by atoms with Crippen molar-refractivity contribution in [3.63, 3.8) is 0 Å². The molecule has 0 saturated heterocycles. The van der Waals surface area contributed by atoms with Gasteiger partial charge in [0.2, 0.25) is 0 Å². The summed E-state index contributed by atoms with van der Waals surface area (Å²) < 4.78 is 5.41. The Kier molecular flexibility index (Phi) is 4.68. The molecule has 0 amide bonds. The Balaban J connectivity index is 2.24. The molecular formula is C20H19NOS. The molecule has 0 aliphatic carbocycles. The van der Waals surface area contributed by atoms with E-state index in [1.807, 2.05) is 36.5 Å². The van der Waals surface area contributed by atoms with Crippen LogP contribution in [-0.2, 0) is 5.75 Å². The molecule has 1 aromatic heterocycles. The van der Waals surface area contributed by atoms with Crippen LogP contribution in [-0.4, -0.2) is 12.1 Å². The third-order valence-corrected chi connectivity index (χ3v) is 4.39. The minimum Gasteiger partial charge on any atom is -0.497 e. The predicted molar refractivity (Wildman–Crippen MR) is 99.1 cm³/mol. The molecule has 1 heterocycles. The summed E-state index contributed by atoms with van der Waals surface area (Å²) in [5.74, 6) is 1.55. The van der Waals surface area contributed by atoms with Crippen LogP contribution in [0.5, 0.6) is 5.75 Å². The highest BCUT2D eigenvalue weighted by Gasteiger charge is 2.13. The molecule has 3 rings (SSSR count). The SMILES string of the molecule is COc1ccc(-c2nccc(CS)c2C)c(-c2ccccc2)c1. The minimum absolute atomic E-state index is 0.707. The van der Waals surface area contributed by atoms with Gasteiger partial charge in [-0.25, -0.2) is 0 Å². The van der Waals surface area contributed by atoms with E-state index in [4.69, 9.17) is 4.74 Å². The van der Waals surface area contributed by atoms with Gasteiger partial charge in [0.25, 0.3) is 0 Å². The first-order valence-corrected chi connectivity index (χ1v) is 8.17.